The molecule has 44 heavy (non-hydrogen) atoms. The highest BCUT2D eigenvalue weighted by atomic mass is 16.2. The van der Waals surface area contributed by atoms with E-state index in [4.69, 9.17) is 0 Å². The number of H-pyrrole nitrogens is 1. The van der Waals surface area contributed by atoms with Gasteiger partial charge in [-0.05, 0) is 44.2 Å². The molecular weight excluding hydrogens is 556 g/mol. The molecule has 1 aliphatic carbocycles. The van der Waals surface area contributed by atoms with Gasteiger partial charge < -0.3 is 10.6 Å². The van der Waals surface area contributed by atoms with E-state index in [-0.39, 0.29) is 18.1 Å². The third-order valence-electron chi connectivity index (χ3n) is 7.66. The highest BCUT2D eigenvalue weighted by Gasteiger charge is 2.31. The molecule has 4 heterocycles. The van der Waals surface area contributed by atoms with Crippen LogP contribution in [0.15, 0.2) is 67.4 Å². The Kier molecular flexibility index (Phi) is 8.22. The van der Waals surface area contributed by atoms with Crippen molar-refractivity contribution in [2.24, 2.45) is 7.05 Å². The lowest BCUT2D eigenvalue weighted by molar-refractivity contribution is 0.240. The number of carbonyl (C=O) groups is 1. The molecule has 0 aliphatic heterocycles. The maximum absolute atomic E-state index is 13.6. The van der Waals surface area contributed by atoms with Crippen LogP contribution in [0.5, 0.6) is 0 Å². The zero-order valence-corrected chi connectivity index (χ0v) is 24.5. The quantitative estimate of drug-likeness (QED) is 0.238. The minimum absolute atomic E-state index is 0.0761. The molecule has 1 aromatic carbocycles. The number of urea groups is 1. The Balaban J connectivity index is 1.17. The largest absolute Gasteiger partial charge is 0.351 e. The van der Waals surface area contributed by atoms with Gasteiger partial charge in [-0.15, -0.1) is 0 Å². The van der Waals surface area contributed by atoms with Crippen molar-refractivity contribution < 1.29 is 4.79 Å². The average Bonchev–Trinajstić information content (AvgIpc) is 3.70. The summed E-state index contributed by atoms with van der Waals surface area (Å²) in [6.07, 6.45) is 11.5. The second kappa shape index (κ2) is 12.7. The summed E-state index contributed by atoms with van der Waals surface area (Å²) in [6.45, 7) is 2.28. The molecule has 1 saturated carbocycles. The predicted octanol–water partition coefficient (Wildman–Crippen LogP) is 4.38. The standard InChI is InChI=1S/C31H32N12O/c1-20-12-26(41-40-20)29-22(13-32)15-35-30(39-29)38-24-8-10-25(11-9-24)43(31(44)36-14-21-6-4-3-5-7-21)28-18-33-27(17-34-28)23-16-37-42(2)19-23/h3-7,12,15-19,24-25H,8-11,14H2,1-2H3,(H,36,44)(H,40,41)(H,35,38,39)/t24-,25-. The monoisotopic (exact) mass is 588 g/mol. The van der Waals surface area contributed by atoms with Crippen LogP contribution in [0.3, 0.4) is 0 Å². The van der Waals surface area contributed by atoms with Crippen LogP contribution in [0.4, 0.5) is 16.6 Å². The van der Waals surface area contributed by atoms with Crippen molar-refractivity contribution in [2.45, 2.75) is 51.2 Å². The Hall–Kier alpha value is -5.64. The van der Waals surface area contributed by atoms with Crippen LogP contribution >= 0.6 is 0 Å². The van der Waals surface area contributed by atoms with Crippen LogP contribution in [0.2, 0.25) is 0 Å². The van der Waals surface area contributed by atoms with Crippen molar-refractivity contribution in [2.75, 3.05) is 10.2 Å². The number of anilines is 2. The molecule has 0 saturated heterocycles. The van der Waals surface area contributed by atoms with Gasteiger partial charge in [-0.25, -0.2) is 19.7 Å². The Morgan fingerprint density at radius 3 is 2.57 bits per heavy atom. The summed E-state index contributed by atoms with van der Waals surface area (Å²) in [5.41, 5.74) is 4.91. The fraction of sp³-hybridized carbons (Fsp3) is 0.290. The molecule has 1 aliphatic rings. The van der Waals surface area contributed by atoms with Crippen LogP contribution < -0.4 is 15.5 Å². The predicted molar refractivity (Wildman–Crippen MR) is 164 cm³/mol. The number of aryl methyl sites for hydroxylation is 2. The van der Waals surface area contributed by atoms with Crippen molar-refractivity contribution in [1.82, 2.24) is 45.2 Å². The molecule has 222 valence electrons. The molecule has 5 aromatic rings. The average molecular weight is 589 g/mol. The number of nitrogens with zero attached hydrogens (tertiary/aromatic N) is 9. The topological polar surface area (TPSA) is 166 Å². The van der Waals surface area contributed by atoms with Gasteiger partial charge in [-0.3, -0.25) is 19.7 Å². The molecule has 0 spiro atoms. The molecule has 2 amide bonds. The molecule has 13 nitrogen and oxygen atoms in total. The lowest BCUT2D eigenvalue weighted by Gasteiger charge is -2.36. The first kappa shape index (κ1) is 28.5. The van der Waals surface area contributed by atoms with E-state index in [0.717, 1.165) is 42.5 Å². The molecule has 4 aromatic heterocycles. The summed E-state index contributed by atoms with van der Waals surface area (Å²) in [5.74, 6) is 0.943. The second-order valence-corrected chi connectivity index (χ2v) is 10.8. The minimum atomic E-state index is -0.219. The molecule has 3 N–H and O–H groups in total. The van der Waals surface area contributed by atoms with E-state index in [1.165, 1.54) is 6.20 Å². The Labute approximate surface area is 254 Å². The van der Waals surface area contributed by atoms with E-state index >= 15 is 0 Å². The van der Waals surface area contributed by atoms with Gasteiger partial charge in [0.25, 0.3) is 0 Å². The normalized spacial score (nSPS) is 16.2. The number of aromatic amines is 1. The van der Waals surface area contributed by atoms with Crippen LogP contribution in [0.1, 0.15) is 42.5 Å². The van der Waals surface area contributed by atoms with Gasteiger partial charge in [-0.1, -0.05) is 30.3 Å². The van der Waals surface area contributed by atoms with Crippen LogP contribution in [0, 0.1) is 18.3 Å². The number of rotatable bonds is 8. The van der Waals surface area contributed by atoms with Crippen LogP contribution in [0.25, 0.3) is 22.6 Å². The van der Waals surface area contributed by atoms with Gasteiger partial charge in [-0.2, -0.15) is 15.5 Å². The molecule has 0 unspecified atom stereocenters. The SMILES string of the molecule is Cc1cc(-c2nc(N[C@H]3CC[C@H](N(C(=O)NCc4ccccc4)c4cnc(-c5cnn(C)c5)cn4)CC3)ncc2C#N)[nH]n1. The molecule has 13 heteroatoms. The van der Waals surface area contributed by atoms with Crippen molar-refractivity contribution in [3.05, 3.63) is 84.2 Å². The molecule has 1 fully saturated rings. The summed E-state index contributed by atoms with van der Waals surface area (Å²) >= 11 is 0. The first-order valence-corrected chi connectivity index (χ1v) is 14.4. The van der Waals surface area contributed by atoms with Gasteiger partial charge >= 0.3 is 6.03 Å². The zero-order chi connectivity index (χ0) is 30.5. The first-order valence-electron chi connectivity index (χ1n) is 14.4. The summed E-state index contributed by atoms with van der Waals surface area (Å²) in [4.78, 5) is 33.6. The van der Waals surface area contributed by atoms with Gasteiger partial charge in [0.15, 0.2) is 5.82 Å². The van der Waals surface area contributed by atoms with Crippen molar-refractivity contribution in [1.29, 1.82) is 5.26 Å². The van der Waals surface area contributed by atoms with Crippen LogP contribution in [-0.2, 0) is 13.6 Å². The van der Waals surface area contributed by atoms with Crippen molar-refractivity contribution >= 4 is 17.8 Å². The Morgan fingerprint density at radius 1 is 1.09 bits per heavy atom. The van der Waals surface area contributed by atoms with Gasteiger partial charge in [0.05, 0.1) is 47.4 Å². The maximum atomic E-state index is 13.6. The summed E-state index contributed by atoms with van der Waals surface area (Å²) in [5, 5.41) is 27.4. The zero-order valence-electron chi connectivity index (χ0n) is 24.5. The molecular formula is C31H32N12O. The number of aromatic nitrogens is 8. The number of nitriles is 1. The number of hydrogen-bond donors (Lipinski definition) is 3. The highest BCUT2D eigenvalue weighted by molar-refractivity contribution is 5.91. The maximum Gasteiger partial charge on any atom is 0.323 e. The number of nitrogens with one attached hydrogen (secondary N) is 3. The molecule has 0 bridgehead atoms. The smallest absolute Gasteiger partial charge is 0.323 e. The van der Waals surface area contributed by atoms with Gasteiger partial charge in [0.1, 0.15) is 11.8 Å². The van der Waals surface area contributed by atoms with E-state index in [0.29, 0.717) is 41.0 Å². The summed E-state index contributed by atoms with van der Waals surface area (Å²) in [6, 6.07) is 13.6. The molecule has 0 atom stereocenters. The molecule has 6 rings (SSSR count). The Morgan fingerprint density at radius 2 is 1.91 bits per heavy atom. The second-order valence-electron chi connectivity index (χ2n) is 10.8. The van der Waals surface area contributed by atoms with E-state index in [2.05, 4.69) is 51.9 Å². The summed E-state index contributed by atoms with van der Waals surface area (Å²) < 4.78 is 1.71. The fourth-order valence-corrected chi connectivity index (χ4v) is 5.41. The fourth-order valence-electron chi connectivity index (χ4n) is 5.41. The van der Waals surface area contributed by atoms with E-state index in [1.807, 2.05) is 56.6 Å². The van der Waals surface area contributed by atoms with Crippen molar-refractivity contribution in [3.63, 3.8) is 0 Å². The number of hydrogen-bond acceptors (Lipinski definition) is 9. The minimum Gasteiger partial charge on any atom is -0.351 e. The Bertz CT molecular complexity index is 1770. The van der Waals surface area contributed by atoms with Gasteiger partial charge in [0.2, 0.25) is 5.95 Å². The first-order chi connectivity index (χ1) is 21.5. The lowest BCUT2D eigenvalue weighted by atomic mass is 9.90. The lowest BCUT2D eigenvalue weighted by Crippen LogP contribution is -2.49. The van der Waals surface area contributed by atoms with Crippen molar-refractivity contribution in [3.8, 4) is 28.7 Å². The van der Waals surface area contributed by atoms with E-state index < -0.39 is 0 Å². The third kappa shape index (κ3) is 6.39. The van der Waals surface area contributed by atoms with E-state index in [1.54, 1.807) is 28.2 Å². The molecule has 0 radical (unpaired) electrons. The van der Waals surface area contributed by atoms with Crippen LogP contribution in [-0.4, -0.2) is 58.0 Å². The number of benzene rings is 1. The number of carbonyl (C=O) groups excluding carboxylic acids is 1. The summed E-state index contributed by atoms with van der Waals surface area (Å²) in [7, 11) is 1.85. The highest BCUT2D eigenvalue weighted by Crippen LogP contribution is 2.29. The van der Waals surface area contributed by atoms with E-state index in [9.17, 15) is 10.1 Å². The van der Waals surface area contributed by atoms with Gasteiger partial charge in [0, 0.05) is 37.4 Å². The third-order valence-corrected chi connectivity index (χ3v) is 7.66. The number of amides is 2.